The van der Waals surface area contributed by atoms with Gasteiger partial charge in [0.25, 0.3) is 5.91 Å². The number of hydrogen-bond acceptors (Lipinski definition) is 4. The summed E-state index contributed by atoms with van der Waals surface area (Å²) in [7, 11) is 1.60. The van der Waals surface area contributed by atoms with E-state index in [-0.39, 0.29) is 18.4 Å². The van der Waals surface area contributed by atoms with Gasteiger partial charge in [-0.1, -0.05) is 0 Å². The fourth-order valence-electron chi connectivity index (χ4n) is 2.58. The molecule has 2 amide bonds. The Morgan fingerprint density at radius 3 is 2.58 bits per heavy atom. The summed E-state index contributed by atoms with van der Waals surface area (Å²) >= 11 is 0. The first-order valence-corrected chi connectivity index (χ1v) is 7.85. The molecule has 0 aromatic carbocycles. The van der Waals surface area contributed by atoms with Gasteiger partial charge < -0.3 is 10.2 Å². The Labute approximate surface area is 141 Å². The summed E-state index contributed by atoms with van der Waals surface area (Å²) in [4.78, 5) is 30.2. The van der Waals surface area contributed by atoms with Gasteiger partial charge in [0.15, 0.2) is 0 Å². The van der Waals surface area contributed by atoms with Crippen molar-refractivity contribution in [1.29, 1.82) is 0 Å². The molecular weight excluding hydrogens is 306 g/mol. The molecule has 0 radical (unpaired) electrons. The van der Waals surface area contributed by atoms with E-state index in [1.807, 2.05) is 26.8 Å². The number of pyridine rings is 1. The van der Waals surface area contributed by atoms with E-state index < -0.39 is 0 Å². The third-order valence-electron chi connectivity index (χ3n) is 3.81. The number of carbonyl (C=O) groups is 2. The number of anilines is 1. The first-order chi connectivity index (χ1) is 11.3. The van der Waals surface area contributed by atoms with Gasteiger partial charge in [-0.25, -0.2) is 4.98 Å². The van der Waals surface area contributed by atoms with Gasteiger partial charge >= 0.3 is 0 Å². The van der Waals surface area contributed by atoms with Crippen molar-refractivity contribution in [2.75, 3.05) is 18.9 Å². The maximum absolute atomic E-state index is 12.6. The highest BCUT2D eigenvalue weighted by atomic mass is 16.2. The third kappa shape index (κ3) is 3.79. The number of aryl methyl sites for hydroxylation is 3. The monoisotopic (exact) mass is 329 g/mol. The lowest BCUT2D eigenvalue weighted by molar-refractivity contribution is -0.116. The number of aromatic nitrogens is 3. The maximum atomic E-state index is 12.6. The Bertz CT molecular complexity index is 766. The molecular formula is C17H23N5O2. The van der Waals surface area contributed by atoms with Crippen molar-refractivity contribution in [3.05, 3.63) is 40.8 Å². The minimum atomic E-state index is -0.290. The van der Waals surface area contributed by atoms with Gasteiger partial charge in [0.05, 0.1) is 17.8 Å². The van der Waals surface area contributed by atoms with E-state index in [1.165, 1.54) is 4.90 Å². The van der Waals surface area contributed by atoms with Crippen LogP contribution in [0.15, 0.2) is 18.3 Å². The Morgan fingerprint density at radius 1 is 1.29 bits per heavy atom. The summed E-state index contributed by atoms with van der Waals surface area (Å²) in [5, 5.41) is 7.05. The Balaban J connectivity index is 2.06. The molecule has 24 heavy (non-hydrogen) atoms. The first kappa shape index (κ1) is 17.7. The zero-order valence-corrected chi connectivity index (χ0v) is 14.8. The molecule has 0 atom stereocenters. The van der Waals surface area contributed by atoms with Crippen molar-refractivity contribution in [3.8, 4) is 0 Å². The second kappa shape index (κ2) is 7.25. The lowest BCUT2D eigenvalue weighted by Gasteiger charge is -2.17. The molecule has 0 spiro atoms. The molecule has 7 nitrogen and oxygen atoms in total. The summed E-state index contributed by atoms with van der Waals surface area (Å²) < 4.78 is 1.78. The van der Waals surface area contributed by atoms with Crippen molar-refractivity contribution < 1.29 is 9.59 Å². The molecule has 0 unspecified atom stereocenters. The molecule has 0 fully saturated rings. The number of nitrogens with one attached hydrogen (secondary N) is 1. The molecule has 1 N–H and O–H groups in total. The smallest absolute Gasteiger partial charge is 0.257 e. The quantitative estimate of drug-likeness (QED) is 0.909. The standard InChI is InChI=1S/C17H23N5O2/c1-6-22-13(4)16(12(3)20-22)17(24)21(5)10-15(23)19-14-9-11(2)7-8-18-14/h7-9H,6,10H2,1-5H3,(H,18,19,23). The van der Waals surface area contributed by atoms with E-state index in [0.717, 1.165) is 11.3 Å². The van der Waals surface area contributed by atoms with E-state index in [0.29, 0.717) is 23.6 Å². The average Bonchev–Trinajstić information content (AvgIpc) is 2.80. The van der Waals surface area contributed by atoms with Crippen LogP contribution in [0.3, 0.4) is 0 Å². The number of likely N-dealkylation sites (N-methyl/N-ethyl adjacent to an activating group) is 1. The molecule has 0 aliphatic heterocycles. The van der Waals surface area contributed by atoms with Crippen molar-refractivity contribution >= 4 is 17.6 Å². The Hall–Kier alpha value is -2.70. The zero-order valence-electron chi connectivity index (χ0n) is 14.8. The summed E-state index contributed by atoms with van der Waals surface area (Å²) in [6, 6.07) is 3.63. The number of nitrogens with zero attached hydrogens (tertiary/aromatic N) is 4. The fraction of sp³-hybridized carbons (Fsp3) is 0.412. The number of hydrogen-bond donors (Lipinski definition) is 1. The fourth-order valence-corrected chi connectivity index (χ4v) is 2.58. The minimum Gasteiger partial charge on any atom is -0.332 e. The minimum absolute atomic E-state index is 0.0510. The van der Waals surface area contributed by atoms with Crippen molar-refractivity contribution in [2.45, 2.75) is 34.2 Å². The van der Waals surface area contributed by atoms with E-state index >= 15 is 0 Å². The lowest BCUT2D eigenvalue weighted by Crippen LogP contribution is -2.35. The lowest BCUT2D eigenvalue weighted by atomic mass is 10.1. The second-order valence-electron chi connectivity index (χ2n) is 5.79. The highest BCUT2D eigenvalue weighted by Gasteiger charge is 2.22. The van der Waals surface area contributed by atoms with Crippen LogP contribution in [0, 0.1) is 20.8 Å². The van der Waals surface area contributed by atoms with Crippen LogP contribution >= 0.6 is 0 Å². The molecule has 7 heteroatoms. The largest absolute Gasteiger partial charge is 0.332 e. The molecule has 128 valence electrons. The van der Waals surface area contributed by atoms with E-state index in [4.69, 9.17) is 0 Å². The van der Waals surface area contributed by atoms with Gasteiger partial charge in [-0.15, -0.1) is 0 Å². The molecule has 0 saturated heterocycles. The van der Waals surface area contributed by atoms with Gasteiger partial charge in [-0.05, 0) is 45.4 Å². The van der Waals surface area contributed by atoms with Gasteiger partial charge in [0.2, 0.25) is 5.91 Å². The van der Waals surface area contributed by atoms with Gasteiger partial charge in [0, 0.05) is 25.5 Å². The van der Waals surface area contributed by atoms with Crippen LogP contribution in [0.4, 0.5) is 5.82 Å². The van der Waals surface area contributed by atoms with Crippen LogP contribution in [0.1, 0.15) is 34.2 Å². The molecule has 0 saturated carbocycles. The van der Waals surface area contributed by atoms with Crippen LogP contribution in [-0.2, 0) is 11.3 Å². The number of carbonyl (C=O) groups excluding carboxylic acids is 2. The molecule has 0 aliphatic carbocycles. The third-order valence-corrected chi connectivity index (χ3v) is 3.81. The topological polar surface area (TPSA) is 80.1 Å². The van der Waals surface area contributed by atoms with Crippen molar-refractivity contribution in [2.24, 2.45) is 0 Å². The zero-order chi connectivity index (χ0) is 17.9. The average molecular weight is 329 g/mol. The van der Waals surface area contributed by atoms with E-state index in [9.17, 15) is 9.59 Å². The highest BCUT2D eigenvalue weighted by molar-refractivity contribution is 6.00. The SMILES string of the molecule is CCn1nc(C)c(C(=O)N(C)CC(=O)Nc2cc(C)ccn2)c1C. The van der Waals surface area contributed by atoms with E-state index in [1.54, 1.807) is 30.9 Å². The normalized spacial score (nSPS) is 10.5. The molecule has 0 bridgehead atoms. The summed E-state index contributed by atoms with van der Waals surface area (Å²) in [6.07, 6.45) is 1.63. The second-order valence-corrected chi connectivity index (χ2v) is 5.79. The Morgan fingerprint density at radius 2 is 2.00 bits per heavy atom. The molecule has 2 rings (SSSR count). The van der Waals surface area contributed by atoms with Crippen LogP contribution < -0.4 is 5.32 Å². The van der Waals surface area contributed by atoms with Crippen LogP contribution in [-0.4, -0.2) is 45.1 Å². The first-order valence-electron chi connectivity index (χ1n) is 7.85. The predicted molar refractivity (Wildman–Crippen MR) is 91.9 cm³/mol. The number of rotatable bonds is 5. The predicted octanol–water partition coefficient (Wildman–Crippen LogP) is 1.93. The summed E-state index contributed by atoms with van der Waals surface area (Å²) in [5.74, 6) is -0.0220. The van der Waals surface area contributed by atoms with Gasteiger partial charge in [0.1, 0.15) is 5.82 Å². The van der Waals surface area contributed by atoms with Crippen LogP contribution in [0.2, 0.25) is 0 Å². The van der Waals surface area contributed by atoms with Gasteiger partial charge in [-0.3, -0.25) is 14.3 Å². The van der Waals surface area contributed by atoms with Crippen molar-refractivity contribution in [1.82, 2.24) is 19.7 Å². The van der Waals surface area contributed by atoms with Crippen LogP contribution in [0.25, 0.3) is 0 Å². The highest BCUT2D eigenvalue weighted by Crippen LogP contribution is 2.15. The Kier molecular flexibility index (Phi) is 5.33. The van der Waals surface area contributed by atoms with Crippen LogP contribution in [0.5, 0.6) is 0 Å². The van der Waals surface area contributed by atoms with Crippen molar-refractivity contribution in [3.63, 3.8) is 0 Å². The summed E-state index contributed by atoms with van der Waals surface area (Å²) in [5.41, 5.74) is 3.04. The maximum Gasteiger partial charge on any atom is 0.257 e. The number of amides is 2. The van der Waals surface area contributed by atoms with Gasteiger partial charge in [-0.2, -0.15) is 5.10 Å². The molecule has 2 aromatic heterocycles. The molecule has 0 aliphatic rings. The molecule has 2 aromatic rings. The summed E-state index contributed by atoms with van der Waals surface area (Å²) in [6.45, 7) is 8.20. The van der Waals surface area contributed by atoms with E-state index in [2.05, 4.69) is 15.4 Å². The molecule has 2 heterocycles.